The van der Waals surface area contributed by atoms with Crippen molar-refractivity contribution in [2.24, 2.45) is 4.99 Å². The molecule has 2 nitrogen and oxygen atoms in total. The minimum atomic E-state index is 0.772. The average Bonchev–Trinajstić information content (AvgIpc) is 2.65. The monoisotopic (exact) mass is 296 g/mol. The standard InChI is InChI=1S/C15H18Cl2N2/c1-9-10(2)14(17)15-11(13(9)16)8-19-7-5-3-4-6-12(19)18-15/h3-8H2,1-2H3. The highest BCUT2D eigenvalue weighted by atomic mass is 35.5. The Morgan fingerprint density at radius 1 is 1.00 bits per heavy atom. The van der Waals surface area contributed by atoms with Crippen LogP contribution in [0.25, 0.3) is 0 Å². The van der Waals surface area contributed by atoms with E-state index in [9.17, 15) is 0 Å². The van der Waals surface area contributed by atoms with Gasteiger partial charge in [-0.25, -0.2) is 4.99 Å². The van der Waals surface area contributed by atoms with Gasteiger partial charge in [-0.2, -0.15) is 0 Å². The van der Waals surface area contributed by atoms with Crippen LogP contribution in [0.2, 0.25) is 10.0 Å². The highest BCUT2D eigenvalue weighted by Gasteiger charge is 2.26. The molecule has 4 heteroatoms. The van der Waals surface area contributed by atoms with E-state index in [1.165, 1.54) is 25.1 Å². The molecule has 2 heterocycles. The molecule has 0 N–H and O–H groups in total. The second-order valence-corrected chi connectivity index (χ2v) is 6.22. The van der Waals surface area contributed by atoms with Crippen LogP contribution < -0.4 is 0 Å². The molecule has 0 spiro atoms. The average molecular weight is 297 g/mol. The van der Waals surface area contributed by atoms with Gasteiger partial charge < -0.3 is 4.90 Å². The fourth-order valence-corrected chi connectivity index (χ4v) is 3.49. The van der Waals surface area contributed by atoms with Crippen LogP contribution in [-0.2, 0) is 6.54 Å². The number of hydrogen-bond acceptors (Lipinski definition) is 2. The minimum absolute atomic E-state index is 0.772. The Hall–Kier alpha value is -0.730. The van der Waals surface area contributed by atoms with Gasteiger partial charge in [-0.3, -0.25) is 0 Å². The van der Waals surface area contributed by atoms with E-state index < -0.39 is 0 Å². The van der Waals surface area contributed by atoms with Crippen molar-refractivity contribution < 1.29 is 0 Å². The maximum absolute atomic E-state index is 6.51. The van der Waals surface area contributed by atoms with Gasteiger partial charge in [-0.15, -0.1) is 0 Å². The summed E-state index contributed by atoms with van der Waals surface area (Å²) in [7, 11) is 0. The smallest absolute Gasteiger partial charge is 0.105 e. The summed E-state index contributed by atoms with van der Waals surface area (Å²) < 4.78 is 0. The van der Waals surface area contributed by atoms with Crippen molar-refractivity contribution in [1.29, 1.82) is 0 Å². The van der Waals surface area contributed by atoms with Crippen molar-refractivity contribution in [3.8, 4) is 0 Å². The van der Waals surface area contributed by atoms with E-state index in [0.717, 1.165) is 51.9 Å². The van der Waals surface area contributed by atoms with Gasteiger partial charge in [0, 0.05) is 25.1 Å². The molecular weight excluding hydrogens is 279 g/mol. The zero-order chi connectivity index (χ0) is 13.6. The third-order valence-corrected chi connectivity index (χ3v) is 5.24. The van der Waals surface area contributed by atoms with Crippen molar-refractivity contribution in [3.05, 3.63) is 26.7 Å². The normalized spacial score (nSPS) is 18.5. The van der Waals surface area contributed by atoms with Crippen LogP contribution >= 0.6 is 23.2 Å². The number of halogens is 2. The molecule has 0 atom stereocenters. The zero-order valence-corrected chi connectivity index (χ0v) is 12.9. The van der Waals surface area contributed by atoms with Crippen molar-refractivity contribution in [2.75, 3.05) is 6.54 Å². The molecule has 1 aromatic carbocycles. The maximum Gasteiger partial charge on any atom is 0.105 e. The van der Waals surface area contributed by atoms with E-state index in [2.05, 4.69) is 4.90 Å². The van der Waals surface area contributed by atoms with Crippen LogP contribution in [-0.4, -0.2) is 17.3 Å². The third-order valence-electron chi connectivity index (χ3n) is 4.26. The van der Waals surface area contributed by atoms with E-state index in [4.69, 9.17) is 28.2 Å². The third kappa shape index (κ3) is 2.15. The summed E-state index contributed by atoms with van der Waals surface area (Å²) >= 11 is 13.0. The van der Waals surface area contributed by atoms with Crippen LogP contribution in [0.15, 0.2) is 4.99 Å². The van der Waals surface area contributed by atoms with Crippen LogP contribution in [0.3, 0.4) is 0 Å². The first-order valence-electron chi connectivity index (χ1n) is 6.89. The summed E-state index contributed by atoms with van der Waals surface area (Å²) in [6, 6.07) is 0. The molecule has 2 aliphatic rings. The van der Waals surface area contributed by atoms with E-state index in [1.807, 2.05) is 13.8 Å². The summed E-state index contributed by atoms with van der Waals surface area (Å²) in [5.41, 5.74) is 4.14. The maximum atomic E-state index is 6.51. The molecular formula is C15H18Cl2N2. The molecule has 0 unspecified atom stereocenters. The lowest BCUT2D eigenvalue weighted by Gasteiger charge is -2.31. The molecule has 19 heavy (non-hydrogen) atoms. The molecule has 1 aromatic rings. The SMILES string of the molecule is Cc1c(C)c(Cl)c2c(c1Cl)CN1CCCCCC1=N2. The molecule has 0 amide bonds. The number of amidine groups is 1. The second kappa shape index (κ2) is 4.99. The van der Waals surface area contributed by atoms with Crippen molar-refractivity contribution in [1.82, 2.24) is 4.90 Å². The van der Waals surface area contributed by atoms with Crippen LogP contribution in [0.4, 0.5) is 5.69 Å². The van der Waals surface area contributed by atoms with E-state index in [-0.39, 0.29) is 0 Å². The highest BCUT2D eigenvalue weighted by molar-refractivity contribution is 6.37. The first kappa shape index (κ1) is 13.3. The molecule has 0 saturated carbocycles. The van der Waals surface area contributed by atoms with Gasteiger partial charge in [0.25, 0.3) is 0 Å². The van der Waals surface area contributed by atoms with E-state index in [0.29, 0.717) is 0 Å². The van der Waals surface area contributed by atoms with Gasteiger partial charge in [0.2, 0.25) is 0 Å². The van der Waals surface area contributed by atoms with Gasteiger partial charge in [0.1, 0.15) is 5.84 Å². The lowest BCUT2D eigenvalue weighted by molar-refractivity contribution is 0.403. The summed E-state index contributed by atoms with van der Waals surface area (Å²) in [6.45, 7) is 5.99. The van der Waals surface area contributed by atoms with Crippen LogP contribution in [0.1, 0.15) is 42.4 Å². The number of aliphatic imine (C=N–C) groups is 1. The summed E-state index contributed by atoms with van der Waals surface area (Å²) in [5.74, 6) is 1.19. The molecule has 102 valence electrons. The molecule has 0 bridgehead atoms. The zero-order valence-electron chi connectivity index (χ0n) is 11.4. The van der Waals surface area contributed by atoms with Crippen molar-refractivity contribution >= 4 is 34.7 Å². The Morgan fingerprint density at radius 3 is 2.53 bits per heavy atom. The largest absolute Gasteiger partial charge is 0.356 e. The summed E-state index contributed by atoms with van der Waals surface area (Å²) in [6.07, 6.45) is 4.80. The first-order valence-corrected chi connectivity index (χ1v) is 7.64. The van der Waals surface area contributed by atoms with E-state index >= 15 is 0 Å². The number of nitrogens with zero attached hydrogens (tertiary/aromatic N) is 2. The van der Waals surface area contributed by atoms with Gasteiger partial charge in [0.05, 0.1) is 15.7 Å². The number of benzene rings is 1. The van der Waals surface area contributed by atoms with Gasteiger partial charge in [-0.1, -0.05) is 29.6 Å². The van der Waals surface area contributed by atoms with Crippen LogP contribution in [0.5, 0.6) is 0 Å². The first-order chi connectivity index (χ1) is 9.09. The predicted molar refractivity (Wildman–Crippen MR) is 81.9 cm³/mol. The van der Waals surface area contributed by atoms with Crippen LogP contribution in [0, 0.1) is 13.8 Å². The minimum Gasteiger partial charge on any atom is -0.356 e. The highest BCUT2D eigenvalue weighted by Crippen LogP contribution is 2.43. The molecule has 1 saturated heterocycles. The number of fused-ring (bicyclic) bond motifs is 2. The Labute approximate surface area is 124 Å². The fraction of sp³-hybridized carbons (Fsp3) is 0.533. The van der Waals surface area contributed by atoms with Crippen molar-refractivity contribution in [2.45, 2.75) is 46.1 Å². The molecule has 2 aliphatic heterocycles. The molecule has 1 fully saturated rings. The van der Waals surface area contributed by atoms with Gasteiger partial charge in [-0.05, 0) is 37.8 Å². The lowest BCUT2D eigenvalue weighted by atomic mass is 10.0. The summed E-state index contributed by atoms with van der Waals surface area (Å²) in [5, 5.41) is 1.61. The predicted octanol–water partition coefficient (Wildman–Crippen LogP) is 5.03. The van der Waals surface area contributed by atoms with Gasteiger partial charge in [0.15, 0.2) is 0 Å². The quantitative estimate of drug-likeness (QED) is 0.655. The molecule has 0 aromatic heterocycles. The van der Waals surface area contributed by atoms with Crippen molar-refractivity contribution in [3.63, 3.8) is 0 Å². The Morgan fingerprint density at radius 2 is 1.74 bits per heavy atom. The fourth-order valence-electron chi connectivity index (χ4n) is 2.90. The second-order valence-electron chi connectivity index (χ2n) is 5.47. The Bertz CT molecular complexity index is 564. The summed E-state index contributed by atoms with van der Waals surface area (Å²) in [4.78, 5) is 7.18. The molecule has 3 rings (SSSR count). The lowest BCUT2D eigenvalue weighted by Crippen LogP contribution is -2.32. The van der Waals surface area contributed by atoms with Gasteiger partial charge >= 0.3 is 0 Å². The molecule has 0 aliphatic carbocycles. The topological polar surface area (TPSA) is 15.6 Å². The Balaban J connectivity index is 2.16. The number of rotatable bonds is 0. The Kier molecular flexibility index (Phi) is 3.48. The van der Waals surface area contributed by atoms with E-state index in [1.54, 1.807) is 0 Å². The number of hydrogen-bond donors (Lipinski definition) is 0. The molecule has 0 radical (unpaired) electrons.